The number of imidazole rings is 1. The summed E-state index contributed by atoms with van der Waals surface area (Å²) < 4.78 is 55.9. The molecule has 7 nitrogen and oxygen atoms in total. The van der Waals surface area contributed by atoms with Gasteiger partial charge in [0.05, 0.1) is 28.9 Å². The summed E-state index contributed by atoms with van der Waals surface area (Å²) in [5.74, 6) is -1.70. The number of carbonyl (C=O) groups excluding carboxylic acids is 1. The van der Waals surface area contributed by atoms with Gasteiger partial charge >= 0.3 is 0 Å². The molecule has 6 rings (SSSR count). The van der Waals surface area contributed by atoms with Gasteiger partial charge in [-0.2, -0.15) is 0 Å². The minimum atomic E-state index is -1.78. The van der Waals surface area contributed by atoms with Gasteiger partial charge in [0.15, 0.2) is 17.8 Å². The maximum Gasteiger partial charge on any atom is 0.262 e. The maximum absolute atomic E-state index is 15.0. The van der Waals surface area contributed by atoms with Gasteiger partial charge in [-0.25, -0.2) is 18.2 Å². The van der Waals surface area contributed by atoms with Crippen molar-refractivity contribution in [1.29, 1.82) is 0 Å². The van der Waals surface area contributed by atoms with Gasteiger partial charge in [-0.15, -0.1) is 0 Å². The van der Waals surface area contributed by atoms with Crippen LogP contribution in [0.4, 0.5) is 18.9 Å². The highest BCUT2D eigenvalue weighted by Crippen LogP contribution is 2.43. The molecule has 1 aliphatic carbocycles. The summed E-state index contributed by atoms with van der Waals surface area (Å²) >= 11 is 0. The normalized spacial score (nSPS) is 23.7. The van der Waals surface area contributed by atoms with Crippen molar-refractivity contribution in [3.63, 3.8) is 0 Å². The number of anilines is 1. The van der Waals surface area contributed by atoms with E-state index in [0.717, 1.165) is 60.2 Å². The first-order valence-electron chi connectivity index (χ1n) is 13.2. The van der Waals surface area contributed by atoms with Crippen LogP contribution in [0, 0.1) is 25.5 Å². The van der Waals surface area contributed by atoms with Crippen molar-refractivity contribution in [3.8, 4) is 11.1 Å². The molecule has 39 heavy (non-hydrogen) atoms. The van der Waals surface area contributed by atoms with Gasteiger partial charge in [0, 0.05) is 36.9 Å². The number of nitrogens with zero attached hydrogens (tertiary/aromatic N) is 4. The number of hydrogen-bond donors (Lipinski definition) is 0. The summed E-state index contributed by atoms with van der Waals surface area (Å²) in [5.41, 5.74) is 4.19. The van der Waals surface area contributed by atoms with Crippen LogP contribution in [-0.4, -0.2) is 40.0 Å². The van der Waals surface area contributed by atoms with Gasteiger partial charge < -0.3 is 13.8 Å². The molecule has 0 radical (unpaired) electrons. The zero-order valence-corrected chi connectivity index (χ0v) is 22.0. The van der Waals surface area contributed by atoms with Crippen LogP contribution in [0.1, 0.15) is 61.5 Å². The Labute approximate surface area is 223 Å². The molecule has 0 N–H and O–H groups in total. The predicted molar refractivity (Wildman–Crippen MR) is 139 cm³/mol. The quantitative estimate of drug-likeness (QED) is 0.289. The third-order valence-corrected chi connectivity index (χ3v) is 8.11. The standard InChI is InChI=1S/C29H29F3N4O3/c1-15-27(16(2)39-34-15)17-4-11-25-24(12-17)33-28(35(25)18-5-8-20(38-3)9-6-18)26-14-23(32)29(37)36(26)19-7-10-21(30)22(31)13-19/h4,7,10-13,18,20,23,26H,5-6,8-9,14H2,1-3H3/t18?,20?,23-,26+/m1/s1. The molecular formula is C29H29F3N4O3. The van der Waals surface area contributed by atoms with E-state index in [9.17, 15) is 13.6 Å². The summed E-state index contributed by atoms with van der Waals surface area (Å²) in [6.07, 6.45) is 1.64. The van der Waals surface area contributed by atoms with E-state index in [2.05, 4.69) is 9.72 Å². The lowest BCUT2D eigenvalue weighted by atomic mass is 9.92. The molecule has 1 saturated carbocycles. The van der Waals surface area contributed by atoms with E-state index in [1.807, 2.05) is 32.0 Å². The monoisotopic (exact) mass is 538 g/mol. The molecule has 0 bridgehead atoms. The van der Waals surface area contributed by atoms with Crippen molar-refractivity contribution >= 4 is 22.6 Å². The third kappa shape index (κ3) is 4.30. The number of aryl methyl sites for hydroxylation is 2. The smallest absolute Gasteiger partial charge is 0.262 e. The van der Waals surface area contributed by atoms with E-state index in [1.54, 1.807) is 7.11 Å². The highest BCUT2D eigenvalue weighted by Gasteiger charge is 2.45. The molecule has 0 spiro atoms. The molecule has 4 aromatic rings. The lowest BCUT2D eigenvalue weighted by Gasteiger charge is -2.32. The Morgan fingerprint density at radius 2 is 1.79 bits per heavy atom. The van der Waals surface area contributed by atoms with Gasteiger partial charge in [-0.05, 0) is 69.4 Å². The topological polar surface area (TPSA) is 73.4 Å². The highest BCUT2D eigenvalue weighted by molar-refractivity contribution is 5.99. The molecule has 3 heterocycles. The molecule has 2 aliphatic rings. The van der Waals surface area contributed by atoms with Crippen LogP contribution in [-0.2, 0) is 9.53 Å². The maximum atomic E-state index is 15.0. The van der Waals surface area contributed by atoms with Gasteiger partial charge in [0.1, 0.15) is 11.6 Å². The molecule has 1 aliphatic heterocycles. The number of methoxy groups -OCH3 is 1. The largest absolute Gasteiger partial charge is 0.381 e. The van der Waals surface area contributed by atoms with Gasteiger partial charge in [-0.3, -0.25) is 9.69 Å². The number of amides is 1. The minimum absolute atomic E-state index is 0.0573. The number of hydrogen-bond acceptors (Lipinski definition) is 5. The number of alkyl halides is 1. The first kappa shape index (κ1) is 25.6. The number of ether oxygens (including phenoxy) is 1. The van der Waals surface area contributed by atoms with Gasteiger partial charge in [0.2, 0.25) is 0 Å². The summed E-state index contributed by atoms with van der Waals surface area (Å²) in [6.45, 7) is 3.72. The Bertz CT molecular complexity index is 1540. The molecule has 204 valence electrons. The summed E-state index contributed by atoms with van der Waals surface area (Å²) in [5, 5.41) is 4.06. The number of carbonyl (C=O) groups is 1. The van der Waals surface area contributed by atoms with Gasteiger partial charge in [0.25, 0.3) is 5.91 Å². The number of fused-ring (bicyclic) bond motifs is 1. The van der Waals surface area contributed by atoms with Crippen molar-refractivity contribution in [1.82, 2.24) is 14.7 Å². The van der Waals surface area contributed by atoms with Crippen LogP contribution in [0.3, 0.4) is 0 Å². The Morgan fingerprint density at radius 1 is 1.03 bits per heavy atom. The van der Waals surface area contributed by atoms with Crippen molar-refractivity contribution in [2.24, 2.45) is 0 Å². The molecule has 1 amide bonds. The summed E-state index contributed by atoms with van der Waals surface area (Å²) in [4.78, 5) is 19.2. The summed E-state index contributed by atoms with van der Waals surface area (Å²) in [6, 6.07) is 8.39. The van der Waals surface area contributed by atoms with E-state index >= 15 is 4.39 Å². The fraction of sp³-hybridized carbons (Fsp3) is 0.414. The number of aromatic nitrogens is 3. The Hall–Kier alpha value is -3.66. The fourth-order valence-corrected chi connectivity index (χ4v) is 6.20. The number of halogens is 3. The first-order chi connectivity index (χ1) is 18.8. The van der Waals surface area contributed by atoms with E-state index in [0.29, 0.717) is 17.1 Å². The first-order valence-corrected chi connectivity index (χ1v) is 13.2. The van der Waals surface area contributed by atoms with E-state index in [4.69, 9.17) is 14.2 Å². The minimum Gasteiger partial charge on any atom is -0.381 e. The van der Waals surface area contributed by atoms with Crippen LogP contribution in [0.2, 0.25) is 0 Å². The fourth-order valence-electron chi connectivity index (χ4n) is 6.20. The van der Waals surface area contributed by atoms with Crippen LogP contribution in [0.15, 0.2) is 40.9 Å². The second-order valence-corrected chi connectivity index (χ2v) is 10.4. The molecular weight excluding hydrogens is 509 g/mol. The number of rotatable bonds is 5. The summed E-state index contributed by atoms with van der Waals surface area (Å²) in [7, 11) is 1.71. The van der Waals surface area contributed by atoms with E-state index in [-0.39, 0.29) is 24.3 Å². The SMILES string of the molecule is COC1CCC(n2c([C@@H]3C[C@@H](F)C(=O)N3c3ccc(F)c(F)c3)nc3cc(-c4c(C)noc4C)ccc32)CC1. The molecule has 1 saturated heterocycles. The second-order valence-electron chi connectivity index (χ2n) is 10.4. The third-order valence-electron chi connectivity index (χ3n) is 8.11. The van der Waals surface area contributed by atoms with Crippen molar-refractivity contribution in [2.75, 3.05) is 12.0 Å². The van der Waals surface area contributed by atoms with E-state index in [1.165, 1.54) is 11.0 Å². The highest BCUT2D eigenvalue weighted by atomic mass is 19.2. The molecule has 0 unspecified atom stereocenters. The van der Waals surface area contributed by atoms with Crippen molar-refractivity contribution in [2.45, 2.75) is 70.3 Å². The molecule has 2 aromatic heterocycles. The zero-order chi connectivity index (χ0) is 27.4. The van der Waals surface area contributed by atoms with E-state index < -0.39 is 29.8 Å². The average Bonchev–Trinajstić information content (AvgIpc) is 3.57. The van der Waals surface area contributed by atoms with Crippen LogP contribution in [0.25, 0.3) is 22.2 Å². The second kappa shape index (κ2) is 9.82. The van der Waals surface area contributed by atoms with Crippen LogP contribution < -0.4 is 4.90 Å². The molecule has 2 aromatic carbocycles. The van der Waals surface area contributed by atoms with Crippen molar-refractivity contribution in [3.05, 3.63) is 65.3 Å². The van der Waals surface area contributed by atoms with Crippen molar-refractivity contribution < 1.29 is 27.2 Å². The Morgan fingerprint density at radius 3 is 2.46 bits per heavy atom. The van der Waals surface area contributed by atoms with Crippen LogP contribution >= 0.6 is 0 Å². The molecule has 10 heteroatoms. The Balaban J connectivity index is 1.50. The molecule has 2 atom stereocenters. The average molecular weight is 539 g/mol. The lowest BCUT2D eigenvalue weighted by Crippen LogP contribution is -2.32. The Kier molecular flexibility index (Phi) is 6.45. The van der Waals surface area contributed by atoms with Gasteiger partial charge in [-0.1, -0.05) is 11.2 Å². The number of benzene rings is 2. The van der Waals surface area contributed by atoms with Crippen LogP contribution in [0.5, 0.6) is 0 Å². The predicted octanol–water partition coefficient (Wildman–Crippen LogP) is 6.53. The zero-order valence-electron chi connectivity index (χ0n) is 22.0. The molecule has 2 fully saturated rings. The lowest BCUT2D eigenvalue weighted by molar-refractivity contribution is -0.121.